The highest BCUT2D eigenvalue weighted by atomic mass is 19.1. The van der Waals surface area contributed by atoms with E-state index in [0.29, 0.717) is 6.54 Å². The third-order valence-electron chi connectivity index (χ3n) is 5.02. The third-order valence-corrected chi connectivity index (χ3v) is 5.02. The van der Waals surface area contributed by atoms with Crippen molar-refractivity contribution >= 4 is 17.2 Å². The first-order valence-corrected chi connectivity index (χ1v) is 9.69. The van der Waals surface area contributed by atoms with E-state index in [0.717, 1.165) is 35.6 Å². The van der Waals surface area contributed by atoms with Gasteiger partial charge in [-0.25, -0.2) is 4.39 Å². The molecule has 2 aliphatic rings. The van der Waals surface area contributed by atoms with E-state index in [9.17, 15) is 4.39 Å². The molecule has 2 aromatic rings. The van der Waals surface area contributed by atoms with Gasteiger partial charge in [0.15, 0.2) is 0 Å². The highest BCUT2D eigenvalue weighted by molar-refractivity contribution is 6.09. The zero-order chi connectivity index (χ0) is 18.4. The van der Waals surface area contributed by atoms with Gasteiger partial charge in [0.2, 0.25) is 0 Å². The molecule has 0 atom stereocenters. The second-order valence-electron chi connectivity index (χ2n) is 6.73. The average molecular weight is 353 g/mol. The minimum Gasteiger partial charge on any atom is -0.371 e. The van der Waals surface area contributed by atoms with Crippen LogP contribution in [0.5, 0.6) is 0 Å². The number of amidine groups is 1. The molecule has 1 heterocycles. The Morgan fingerprint density at radius 3 is 2.42 bits per heavy atom. The predicted octanol–water partition coefficient (Wildman–Crippen LogP) is 5.99. The van der Waals surface area contributed by atoms with Gasteiger partial charge in [-0.3, -0.25) is 4.99 Å². The van der Waals surface area contributed by atoms with Gasteiger partial charge in [0, 0.05) is 0 Å². The SMILES string of the molecule is CC.Fc1cccc(CN=C2Nc3ccccc3NC23CCCCC3)c1. The van der Waals surface area contributed by atoms with E-state index in [1.165, 1.54) is 25.3 Å². The summed E-state index contributed by atoms with van der Waals surface area (Å²) in [4.78, 5) is 4.85. The van der Waals surface area contributed by atoms with Gasteiger partial charge >= 0.3 is 0 Å². The van der Waals surface area contributed by atoms with Crippen molar-refractivity contribution in [3.8, 4) is 0 Å². The number of para-hydroxylation sites is 2. The number of fused-ring (bicyclic) bond motifs is 1. The van der Waals surface area contributed by atoms with E-state index in [4.69, 9.17) is 4.99 Å². The van der Waals surface area contributed by atoms with Crippen molar-refractivity contribution in [2.45, 2.75) is 58.0 Å². The molecule has 3 nitrogen and oxygen atoms in total. The molecule has 4 rings (SSSR count). The lowest BCUT2D eigenvalue weighted by atomic mass is 9.79. The fourth-order valence-corrected chi connectivity index (χ4v) is 3.78. The zero-order valence-corrected chi connectivity index (χ0v) is 15.7. The highest BCUT2D eigenvalue weighted by Gasteiger charge is 2.40. The van der Waals surface area contributed by atoms with Crippen LogP contribution in [0, 0.1) is 5.82 Å². The lowest BCUT2D eigenvalue weighted by Gasteiger charge is -2.44. The Kier molecular flexibility index (Phi) is 5.92. The van der Waals surface area contributed by atoms with E-state index in [1.54, 1.807) is 12.1 Å². The Hall–Kier alpha value is -2.36. The van der Waals surface area contributed by atoms with Crippen LogP contribution < -0.4 is 10.6 Å². The molecule has 26 heavy (non-hydrogen) atoms. The smallest absolute Gasteiger partial charge is 0.127 e. The summed E-state index contributed by atoms with van der Waals surface area (Å²) in [5.41, 5.74) is 2.99. The summed E-state index contributed by atoms with van der Waals surface area (Å²) in [5.74, 6) is 0.783. The molecule has 0 unspecified atom stereocenters. The van der Waals surface area contributed by atoms with Gasteiger partial charge in [-0.15, -0.1) is 0 Å². The van der Waals surface area contributed by atoms with Crippen LogP contribution in [0.2, 0.25) is 0 Å². The van der Waals surface area contributed by atoms with E-state index < -0.39 is 0 Å². The largest absolute Gasteiger partial charge is 0.371 e. The topological polar surface area (TPSA) is 36.4 Å². The summed E-state index contributed by atoms with van der Waals surface area (Å²) < 4.78 is 13.4. The lowest BCUT2D eigenvalue weighted by Crippen LogP contribution is -2.53. The second-order valence-corrected chi connectivity index (χ2v) is 6.73. The minimum atomic E-state index is -0.208. The van der Waals surface area contributed by atoms with Crippen LogP contribution in [-0.4, -0.2) is 11.4 Å². The maximum Gasteiger partial charge on any atom is 0.127 e. The first-order chi connectivity index (χ1) is 12.8. The minimum absolute atomic E-state index is 0.111. The van der Waals surface area contributed by atoms with Gasteiger partial charge in [0.1, 0.15) is 11.7 Å². The Labute approximate surface area is 155 Å². The molecule has 1 fully saturated rings. The molecule has 2 aromatic carbocycles. The summed E-state index contributed by atoms with van der Waals surface area (Å²) in [7, 11) is 0. The van der Waals surface area contributed by atoms with E-state index in [-0.39, 0.29) is 11.4 Å². The molecule has 0 bridgehead atoms. The Morgan fingerprint density at radius 1 is 0.962 bits per heavy atom. The maximum absolute atomic E-state index is 13.4. The number of aliphatic imine (C=N–C) groups is 1. The van der Waals surface area contributed by atoms with Gasteiger partial charge in [0.25, 0.3) is 0 Å². The Balaban J connectivity index is 0.000000948. The Morgan fingerprint density at radius 2 is 1.69 bits per heavy atom. The van der Waals surface area contributed by atoms with E-state index >= 15 is 0 Å². The van der Waals surface area contributed by atoms with Crippen molar-refractivity contribution in [1.29, 1.82) is 0 Å². The number of anilines is 2. The number of hydrogen-bond acceptors (Lipinski definition) is 2. The number of rotatable bonds is 2. The molecule has 138 valence electrons. The fourth-order valence-electron chi connectivity index (χ4n) is 3.78. The molecule has 4 heteroatoms. The molecule has 0 radical (unpaired) electrons. The van der Waals surface area contributed by atoms with Crippen molar-refractivity contribution in [3.05, 3.63) is 59.9 Å². The van der Waals surface area contributed by atoms with Crippen molar-refractivity contribution in [1.82, 2.24) is 0 Å². The first-order valence-electron chi connectivity index (χ1n) is 9.69. The number of benzene rings is 2. The summed E-state index contributed by atoms with van der Waals surface area (Å²) in [5, 5.41) is 7.28. The molecule has 1 saturated carbocycles. The van der Waals surface area contributed by atoms with Gasteiger partial charge in [-0.2, -0.15) is 0 Å². The third kappa shape index (κ3) is 3.90. The molecule has 1 aliphatic heterocycles. The second kappa shape index (κ2) is 8.35. The molecule has 1 aliphatic carbocycles. The molecule has 0 amide bonds. The normalized spacial score (nSPS) is 19.0. The fraction of sp³-hybridized carbons (Fsp3) is 0.409. The molecule has 1 spiro atoms. The van der Waals surface area contributed by atoms with Crippen LogP contribution in [0.4, 0.5) is 15.8 Å². The van der Waals surface area contributed by atoms with Crippen LogP contribution >= 0.6 is 0 Å². The quantitative estimate of drug-likeness (QED) is 0.695. The van der Waals surface area contributed by atoms with Gasteiger partial charge in [-0.1, -0.05) is 57.4 Å². The predicted molar refractivity (Wildman–Crippen MR) is 108 cm³/mol. The van der Waals surface area contributed by atoms with Gasteiger partial charge in [0.05, 0.1) is 23.5 Å². The van der Waals surface area contributed by atoms with Crippen LogP contribution in [0.1, 0.15) is 51.5 Å². The van der Waals surface area contributed by atoms with Crippen LogP contribution in [0.15, 0.2) is 53.5 Å². The summed E-state index contributed by atoms with van der Waals surface area (Å²) in [6.07, 6.45) is 5.85. The molecular formula is C22H28FN3. The number of nitrogens with one attached hydrogen (secondary N) is 2. The first kappa shape index (κ1) is 18.4. The molecular weight excluding hydrogens is 325 g/mol. The summed E-state index contributed by atoms with van der Waals surface area (Å²) in [6.45, 7) is 4.49. The van der Waals surface area contributed by atoms with Crippen LogP contribution in [0.25, 0.3) is 0 Å². The van der Waals surface area contributed by atoms with E-state index in [1.807, 2.05) is 26.0 Å². The number of hydrogen-bond donors (Lipinski definition) is 2. The monoisotopic (exact) mass is 353 g/mol. The van der Waals surface area contributed by atoms with Gasteiger partial charge in [-0.05, 0) is 42.7 Å². The summed E-state index contributed by atoms with van der Waals surface area (Å²) >= 11 is 0. The van der Waals surface area contributed by atoms with Gasteiger partial charge < -0.3 is 10.6 Å². The zero-order valence-electron chi connectivity index (χ0n) is 15.7. The molecule has 0 aromatic heterocycles. The maximum atomic E-state index is 13.4. The van der Waals surface area contributed by atoms with Crippen molar-refractivity contribution in [3.63, 3.8) is 0 Å². The molecule has 2 N–H and O–H groups in total. The van der Waals surface area contributed by atoms with E-state index in [2.05, 4.69) is 28.8 Å². The average Bonchev–Trinajstić information content (AvgIpc) is 2.69. The van der Waals surface area contributed by atoms with Crippen molar-refractivity contribution < 1.29 is 4.39 Å². The highest BCUT2D eigenvalue weighted by Crippen LogP contribution is 2.39. The van der Waals surface area contributed by atoms with Crippen LogP contribution in [0.3, 0.4) is 0 Å². The van der Waals surface area contributed by atoms with Crippen molar-refractivity contribution in [2.75, 3.05) is 10.6 Å². The lowest BCUT2D eigenvalue weighted by molar-refractivity contribution is 0.403. The molecule has 0 saturated heterocycles. The van der Waals surface area contributed by atoms with Crippen LogP contribution in [-0.2, 0) is 6.54 Å². The Bertz CT molecular complexity index is 763. The number of halogens is 1. The van der Waals surface area contributed by atoms with Crippen molar-refractivity contribution in [2.24, 2.45) is 4.99 Å². The number of nitrogens with zero attached hydrogens (tertiary/aromatic N) is 1. The summed E-state index contributed by atoms with van der Waals surface area (Å²) in [6, 6.07) is 14.9. The standard InChI is InChI=1S/C20H22FN3.C2H6/c21-16-8-6-7-15(13-16)14-22-19-20(11-4-1-5-12-20)24-18-10-3-2-9-17(18)23-19;1-2/h2-3,6-10,13,24H,1,4-5,11-12,14H2,(H,22,23);1-2H3.